The van der Waals surface area contributed by atoms with Crippen LogP contribution < -0.4 is 10.5 Å². The number of anilines is 1. The van der Waals surface area contributed by atoms with Crippen LogP contribution >= 0.6 is 11.6 Å². The van der Waals surface area contributed by atoms with E-state index in [1.54, 1.807) is 0 Å². The highest BCUT2D eigenvalue weighted by Gasteiger charge is 2.13. The van der Waals surface area contributed by atoms with Crippen LogP contribution in [-0.2, 0) is 0 Å². The third-order valence-electron chi connectivity index (χ3n) is 1.47. The summed E-state index contributed by atoms with van der Waals surface area (Å²) >= 11 is 5.67. The van der Waals surface area contributed by atoms with Gasteiger partial charge < -0.3 is 10.5 Å². The number of non-ortho nitro benzene ring substituents is 1. The molecule has 6 heteroatoms. The van der Waals surface area contributed by atoms with E-state index in [1.165, 1.54) is 19.2 Å². The number of nitro groups is 1. The molecule has 0 aliphatic carbocycles. The summed E-state index contributed by atoms with van der Waals surface area (Å²) in [6.45, 7) is 0. The highest BCUT2D eigenvalue weighted by molar-refractivity contribution is 6.32. The Labute approximate surface area is 79.2 Å². The van der Waals surface area contributed by atoms with Crippen molar-refractivity contribution >= 4 is 23.0 Å². The zero-order valence-corrected chi connectivity index (χ0v) is 7.54. The van der Waals surface area contributed by atoms with Gasteiger partial charge in [0.2, 0.25) is 0 Å². The lowest BCUT2D eigenvalue weighted by Crippen LogP contribution is -1.96. The number of rotatable bonds is 2. The predicted octanol–water partition coefficient (Wildman–Crippen LogP) is 1.84. The number of hydrogen-bond donors (Lipinski definition) is 1. The summed E-state index contributed by atoms with van der Waals surface area (Å²) in [7, 11) is 1.39. The molecular formula is C7H7ClN2O3. The average Bonchev–Trinajstić information content (AvgIpc) is 2.03. The number of benzene rings is 1. The molecule has 1 rings (SSSR count). The molecule has 0 aliphatic heterocycles. The molecule has 2 N–H and O–H groups in total. The Balaban J connectivity index is 3.28. The van der Waals surface area contributed by atoms with Crippen LogP contribution in [0.4, 0.5) is 11.4 Å². The lowest BCUT2D eigenvalue weighted by atomic mass is 10.2. The van der Waals surface area contributed by atoms with Crippen LogP contribution in [0, 0.1) is 10.1 Å². The van der Waals surface area contributed by atoms with E-state index >= 15 is 0 Å². The molecule has 70 valence electrons. The van der Waals surface area contributed by atoms with Gasteiger partial charge in [0.05, 0.1) is 22.7 Å². The van der Waals surface area contributed by atoms with E-state index in [9.17, 15) is 10.1 Å². The third-order valence-corrected chi connectivity index (χ3v) is 1.75. The van der Waals surface area contributed by atoms with Crippen molar-refractivity contribution in [1.29, 1.82) is 0 Å². The Morgan fingerprint density at radius 1 is 1.62 bits per heavy atom. The SMILES string of the molecule is COc1c(N)cc([N+](=O)[O-])cc1Cl. The smallest absolute Gasteiger partial charge is 0.273 e. The molecule has 0 radical (unpaired) electrons. The maximum atomic E-state index is 10.4. The summed E-state index contributed by atoms with van der Waals surface area (Å²) in [5.74, 6) is 0.257. The van der Waals surface area contributed by atoms with Gasteiger partial charge in [-0.2, -0.15) is 0 Å². The van der Waals surface area contributed by atoms with Crippen LogP contribution in [0.2, 0.25) is 5.02 Å². The van der Waals surface area contributed by atoms with Crippen molar-refractivity contribution < 1.29 is 9.66 Å². The van der Waals surface area contributed by atoms with Gasteiger partial charge >= 0.3 is 0 Å². The van der Waals surface area contributed by atoms with Crippen molar-refractivity contribution in [2.75, 3.05) is 12.8 Å². The van der Waals surface area contributed by atoms with Crippen molar-refractivity contribution in [3.05, 3.63) is 27.3 Å². The van der Waals surface area contributed by atoms with Crippen LogP contribution in [0.1, 0.15) is 0 Å². The summed E-state index contributed by atoms with van der Waals surface area (Å²) in [5, 5.41) is 10.5. The van der Waals surface area contributed by atoms with Gasteiger partial charge in [0.25, 0.3) is 5.69 Å². The van der Waals surface area contributed by atoms with Crippen molar-refractivity contribution in [3.63, 3.8) is 0 Å². The minimum atomic E-state index is -0.568. The van der Waals surface area contributed by atoms with Crippen LogP contribution in [-0.4, -0.2) is 12.0 Å². The molecule has 5 nitrogen and oxygen atoms in total. The lowest BCUT2D eigenvalue weighted by molar-refractivity contribution is -0.384. The largest absolute Gasteiger partial charge is 0.493 e. The molecule has 0 saturated carbocycles. The Morgan fingerprint density at radius 3 is 2.62 bits per heavy atom. The second kappa shape index (κ2) is 3.49. The fraction of sp³-hybridized carbons (Fsp3) is 0.143. The van der Waals surface area contributed by atoms with Gasteiger partial charge in [0.1, 0.15) is 0 Å². The third kappa shape index (κ3) is 1.81. The number of nitrogens with two attached hydrogens (primary N) is 1. The Morgan fingerprint density at radius 2 is 2.23 bits per heavy atom. The molecule has 0 spiro atoms. The second-order valence-electron chi connectivity index (χ2n) is 2.31. The molecule has 0 aromatic heterocycles. The fourth-order valence-corrected chi connectivity index (χ4v) is 1.22. The van der Waals surface area contributed by atoms with E-state index < -0.39 is 4.92 Å². The molecule has 0 fully saturated rings. The number of nitro benzene ring substituents is 1. The van der Waals surface area contributed by atoms with Crippen LogP contribution in [0.3, 0.4) is 0 Å². The summed E-state index contributed by atoms with van der Waals surface area (Å²) in [4.78, 5) is 9.79. The van der Waals surface area contributed by atoms with Crippen molar-refractivity contribution in [2.45, 2.75) is 0 Å². The first-order chi connectivity index (χ1) is 6.06. The number of nitrogens with zero attached hydrogens (tertiary/aromatic N) is 1. The van der Waals surface area contributed by atoms with E-state index in [0.29, 0.717) is 0 Å². The lowest BCUT2D eigenvalue weighted by Gasteiger charge is -2.05. The van der Waals surface area contributed by atoms with E-state index in [2.05, 4.69) is 0 Å². The minimum absolute atomic E-state index is 0.134. The zero-order valence-electron chi connectivity index (χ0n) is 6.78. The quantitative estimate of drug-likeness (QED) is 0.451. The number of methoxy groups -OCH3 is 1. The minimum Gasteiger partial charge on any atom is -0.493 e. The van der Waals surface area contributed by atoms with Crippen molar-refractivity contribution in [1.82, 2.24) is 0 Å². The molecular weight excluding hydrogens is 196 g/mol. The standard InChI is InChI=1S/C7H7ClN2O3/c1-13-7-5(8)2-4(10(11)12)3-6(7)9/h2-3H,9H2,1H3. The van der Waals surface area contributed by atoms with Crippen molar-refractivity contribution in [2.24, 2.45) is 0 Å². The molecule has 1 aromatic rings. The summed E-state index contributed by atoms with van der Waals surface area (Å²) in [6, 6.07) is 2.39. The van der Waals surface area contributed by atoms with Gasteiger partial charge in [-0.25, -0.2) is 0 Å². The molecule has 0 bridgehead atoms. The number of ether oxygens (including phenoxy) is 1. The first-order valence-corrected chi connectivity index (χ1v) is 3.71. The molecule has 0 aliphatic rings. The van der Waals surface area contributed by atoms with E-state index in [1.807, 2.05) is 0 Å². The number of nitrogen functional groups attached to an aromatic ring is 1. The van der Waals surface area contributed by atoms with Gasteiger partial charge in [0.15, 0.2) is 5.75 Å². The first kappa shape index (κ1) is 9.60. The molecule has 0 unspecified atom stereocenters. The number of halogens is 1. The second-order valence-corrected chi connectivity index (χ2v) is 2.71. The van der Waals surface area contributed by atoms with E-state index in [0.717, 1.165) is 0 Å². The predicted molar refractivity (Wildman–Crippen MR) is 49.1 cm³/mol. The topological polar surface area (TPSA) is 78.4 Å². The fourth-order valence-electron chi connectivity index (χ4n) is 0.921. The molecule has 0 amide bonds. The van der Waals surface area contributed by atoms with Crippen LogP contribution in [0.5, 0.6) is 5.75 Å². The molecule has 0 atom stereocenters. The maximum absolute atomic E-state index is 10.4. The van der Waals surface area contributed by atoms with Gasteiger partial charge in [-0.05, 0) is 0 Å². The number of hydrogen-bond acceptors (Lipinski definition) is 4. The Bertz CT molecular complexity index is 331. The first-order valence-electron chi connectivity index (χ1n) is 3.33. The van der Waals surface area contributed by atoms with Gasteiger partial charge in [-0.1, -0.05) is 11.6 Å². The molecule has 0 saturated heterocycles. The van der Waals surface area contributed by atoms with Crippen molar-refractivity contribution in [3.8, 4) is 5.75 Å². The summed E-state index contributed by atoms with van der Waals surface area (Å²) < 4.78 is 4.83. The van der Waals surface area contributed by atoms with Gasteiger partial charge in [-0.15, -0.1) is 0 Å². The highest BCUT2D eigenvalue weighted by atomic mass is 35.5. The van der Waals surface area contributed by atoms with Crippen LogP contribution in [0.15, 0.2) is 12.1 Å². The van der Waals surface area contributed by atoms with Gasteiger partial charge in [0, 0.05) is 12.1 Å². The molecule has 13 heavy (non-hydrogen) atoms. The van der Waals surface area contributed by atoms with E-state index in [-0.39, 0.29) is 22.1 Å². The van der Waals surface area contributed by atoms with Gasteiger partial charge in [-0.3, -0.25) is 10.1 Å². The Hall–Kier alpha value is -1.49. The van der Waals surface area contributed by atoms with E-state index in [4.69, 9.17) is 22.1 Å². The molecule has 0 heterocycles. The van der Waals surface area contributed by atoms with Crippen LogP contribution in [0.25, 0.3) is 0 Å². The average molecular weight is 203 g/mol. The normalized spacial score (nSPS) is 9.69. The monoisotopic (exact) mass is 202 g/mol. The highest BCUT2D eigenvalue weighted by Crippen LogP contribution is 2.34. The molecule has 1 aromatic carbocycles. The summed E-state index contributed by atoms with van der Waals surface area (Å²) in [6.07, 6.45) is 0. The Kier molecular flexibility index (Phi) is 2.57. The maximum Gasteiger partial charge on any atom is 0.273 e. The summed E-state index contributed by atoms with van der Waals surface area (Å²) in [5.41, 5.74) is 5.46. The zero-order chi connectivity index (χ0) is 10.0.